The Kier molecular flexibility index (Phi) is 8.57. The van der Waals surface area contributed by atoms with E-state index in [0.717, 1.165) is 10.9 Å². The summed E-state index contributed by atoms with van der Waals surface area (Å²) in [4.78, 5) is 4.40. The summed E-state index contributed by atoms with van der Waals surface area (Å²) < 4.78 is 28.3. The van der Waals surface area contributed by atoms with Gasteiger partial charge in [0.15, 0.2) is 0 Å². The number of likely N-dealkylation sites (N-methyl/N-ethyl adjacent to an activating group) is 1. The van der Waals surface area contributed by atoms with Crippen LogP contribution in [0.15, 0.2) is 71.9 Å². The zero-order valence-corrected chi connectivity index (χ0v) is 19.0. The quantitative estimate of drug-likeness (QED) is 0.431. The molecule has 6 nitrogen and oxygen atoms in total. The first-order valence-electron chi connectivity index (χ1n) is 10.1. The van der Waals surface area contributed by atoms with Gasteiger partial charge in [-0.1, -0.05) is 48.0 Å². The van der Waals surface area contributed by atoms with Crippen LogP contribution in [0.25, 0.3) is 16.8 Å². The van der Waals surface area contributed by atoms with Crippen LogP contribution in [0.1, 0.15) is 5.56 Å². The van der Waals surface area contributed by atoms with Gasteiger partial charge >= 0.3 is 0 Å². The van der Waals surface area contributed by atoms with Crippen LogP contribution in [0.5, 0.6) is 0 Å². The molecule has 2 N–H and O–H groups in total. The Labute approximate surface area is 189 Å². The minimum absolute atomic E-state index is 0.311. The zero-order valence-electron chi connectivity index (χ0n) is 17.5. The number of benzene rings is 2. The number of nitrogens with zero attached hydrogens (tertiary/aromatic N) is 2. The van der Waals surface area contributed by atoms with Crippen molar-refractivity contribution in [3.8, 4) is 0 Å². The van der Waals surface area contributed by atoms with E-state index in [-0.39, 0.29) is 0 Å². The van der Waals surface area contributed by atoms with Crippen molar-refractivity contribution >= 4 is 38.5 Å². The van der Waals surface area contributed by atoms with Gasteiger partial charge in [-0.05, 0) is 36.9 Å². The molecule has 3 rings (SSSR count). The maximum absolute atomic E-state index is 13.4. The first-order valence-corrected chi connectivity index (χ1v) is 11.9. The zero-order chi connectivity index (χ0) is 22.1. The van der Waals surface area contributed by atoms with Gasteiger partial charge in [0.05, 0.1) is 4.90 Å². The highest BCUT2D eigenvalue weighted by atomic mass is 35.5. The van der Waals surface area contributed by atoms with Crippen LogP contribution in [-0.4, -0.2) is 57.5 Å². The predicted octanol–water partition coefficient (Wildman–Crippen LogP) is 3.40. The Hall–Kier alpha value is -2.29. The molecule has 164 valence electrons. The van der Waals surface area contributed by atoms with Gasteiger partial charge in [-0.25, -0.2) is 8.42 Å². The van der Waals surface area contributed by atoms with Crippen molar-refractivity contribution in [1.29, 1.82) is 0 Å². The molecule has 2 aromatic carbocycles. The summed E-state index contributed by atoms with van der Waals surface area (Å²) in [5.74, 6) is 0. The lowest BCUT2D eigenvalue weighted by atomic mass is 10.2. The monoisotopic (exact) mass is 458 g/mol. The summed E-state index contributed by atoms with van der Waals surface area (Å²) in [6.07, 6.45) is 7.31. The lowest BCUT2D eigenvalue weighted by molar-refractivity contribution is 0.406. The molecule has 0 atom stereocenters. The first-order chi connectivity index (χ1) is 15.0. The minimum atomic E-state index is -3.64. The molecule has 0 saturated heterocycles. The molecule has 1 aromatic heterocycles. The number of sulfonamides is 1. The molecule has 3 aromatic rings. The summed E-state index contributed by atoms with van der Waals surface area (Å²) in [5.41, 5.74) is 1.06. The average molecular weight is 459 g/mol. The van der Waals surface area contributed by atoms with E-state index in [1.165, 1.54) is 4.31 Å². The first kappa shape index (κ1) is 23.4. The van der Waals surface area contributed by atoms with E-state index < -0.39 is 10.0 Å². The van der Waals surface area contributed by atoms with E-state index in [1.54, 1.807) is 30.6 Å². The molecule has 0 aliphatic rings. The summed E-state index contributed by atoms with van der Waals surface area (Å²) in [7, 11) is -1.83. The van der Waals surface area contributed by atoms with Crippen LogP contribution in [0.2, 0.25) is 5.02 Å². The third-order valence-electron chi connectivity index (χ3n) is 4.85. The van der Waals surface area contributed by atoms with Gasteiger partial charge in [0.25, 0.3) is 0 Å². The molecule has 0 aliphatic carbocycles. The predicted molar refractivity (Wildman–Crippen MR) is 128 cm³/mol. The van der Waals surface area contributed by atoms with Crippen molar-refractivity contribution in [2.75, 3.05) is 39.8 Å². The van der Waals surface area contributed by atoms with E-state index in [1.807, 2.05) is 49.5 Å². The van der Waals surface area contributed by atoms with Crippen LogP contribution in [0.3, 0.4) is 0 Å². The number of nitrogens with one attached hydrogen (secondary N) is 2. The van der Waals surface area contributed by atoms with Gasteiger partial charge in [0.1, 0.15) is 0 Å². The Morgan fingerprint density at radius 3 is 2.61 bits per heavy atom. The number of hydrogen-bond donors (Lipinski definition) is 2. The third kappa shape index (κ3) is 6.35. The smallest absolute Gasteiger partial charge is 0.243 e. The normalized spacial score (nSPS) is 12.2. The number of aromatic nitrogens is 1. The van der Waals surface area contributed by atoms with E-state index in [0.29, 0.717) is 48.0 Å². The molecule has 0 amide bonds. The molecule has 0 saturated carbocycles. The summed E-state index contributed by atoms with van der Waals surface area (Å²) in [6, 6.07) is 14.6. The fourth-order valence-corrected chi connectivity index (χ4v) is 4.99. The Morgan fingerprint density at radius 1 is 1.06 bits per heavy atom. The van der Waals surface area contributed by atoms with Crippen molar-refractivity contribution < 1.29 is 8.42 Å². The molecule has 0 spiro atoms. The number of fused-ring (bicyclic) bond motifs is 1. The molecule has 0 bridgehead atoms. The SMILES string of the molecule is CNCCN(CCNCC=Cc1ccc(Cl)cc1)S(=O)(=O)c1cccc2cnccc12. The fraction of sp³-hybridized carbons (Fsp3) is 0.261. The van der Waals surface area contributed by atoms with Crippen molar-refractivity contribution in [3.05, 3.63) is 77.6 Å². The van der Waals surface area contributed by atoms with E-state index >= 15 is 0 Å². The molecular formula is C23H27ClN4O2S. The van der Waals surface area contributed by atoms with Crippen LogP contribution >= 0.6 is 11.6 Å². The van der Waals surface area contributed by atoms with E-state index in [4.69, 9.17) is 11.6 Å². The summed E-state index contributed by atoms with van der Waals surface area (Å²) in [5, 5.41) is 8.52. The van der Waals surface area contributed by atoms with Crippen LogP contribution in [0.4, 0.5) is 0 Å². The van der Waals surface area contributed by atoms with Crippen LogP contribution < -0.4 is 10.6 Å². The molecule has 1 heterocycles. The van der Waals surface area contributed by atoms with Crippen LogP contribution in [0, 0.1) is 0 Å². The Morgan fingerprint density at radius 2 is 1.84 bits per heavy atom. The molecular weight excluding hydrogens is 432 g/mol. The van der Waals surface area contributed by atoms with Gasteiger partial charge in [0, 0.05) is 60.9 Å². The molecule has 0 fully saturated rings. The van der Waals surface area contributed by atoms with E-state index in [2.05, 4.69) is 15.6 Å². The Balaban J connectivity index is 1.64. The molecule has 31 heavy (non-hydrogen) atoms. The van der Waals surface area contributed by atoms with Crippen molar-refractivity contribution in [2.45, 2.75) is 4.90 Å². The largest absolute Gasteiger partial charge is 0.318 e. The number of halogens is 1. The van der Waals surface area contributed by atoms with Gasteiger partial charge in [-0.2, -0.15) is 4.31 Å². The topological polar surface area (TPSA) is 74.3 Å². The van der Waals surface area contributed by atoms with Crippen LogP contribution in [-0.2, 0) is 10.0 Å². The molecule has 0 unspecified atom stereocenters. The van der Waals surface area contributed by atoms with Crippen molar-refractivity contribution in [2.24, 2.45) is 0 Å². The van der Waals surface area contributed by atoms with Gasteiger partial charge in [-0.3, -0.25) is 4.98 Å². The lowest BCUT2D eigenvalue weighted by Crippen LogP contribution is -2.40. The van der Waals surface area contributed by atoms with E-state index in [9.17, 15) is 8.42 Å². The highest BCUT2D eigenvalue weighted by Gasteiger charge is 2.25. The number of rotatable bonds is 11. The average Bonchev–Trinajstić information content (AvgIpc) is 2.78. The summed E-state index contributed by atoms with van der Waals surface area (Å²) >= 11 is 5.90. The molecule has 0 aliphatic heterocycles. The van der Waals surface area contributed by atoms with Gasteiger partial charge in [-0.15, -0.1) is 0 Å². The highest BCUT2D eigenvalue weighted by Crippen LogP contribution is 2.24. The van der Waals surface area contributed by atoms with Gasteiger partial charge in [0.2, 0.25) is 10.0 Å². The standard InChI is InChI=1S/C23H27ClN4O2S/c1-25-14-16-28(17-15-26-12-3-4-19-7-9-21(24)10-8-19)31(29,30)23-6-2-5-20-18-27-13-11-22(20)23/h2-11,13,18,25-26H,12,14-17H2,1H3. The second-order valence-electron chi connectivity index (χ2n) is 7.02. The molecule has 0 radical (unpaired) electrons. The maximum Gasteiger partial charge on any atom is 0.243 e. The highest BCUT2D eigenvalue weighted by molar-refractivity contribution is 7.89. The third-order valence-corrected chi connectivity index (χ3v) is 7.06. The number of pyridine rings is 1. The number of hydrogen-bond acceptors (Lipinski definition) is 5. The van der Waals surface area contributed by atoms with Crippen molar-refractivity contribution in [1.82, 2.24) is 19.9 Å². The maximum atomic E-state index is 13.4. The fourth-order valence-electron chi connectivity index (χ4n) is 3.20. The van der Waals surface area contributed by atoms with Gasteiger partial charge < -0.3 is 10.6 Å². The minimum Gasteiger partial charge on any atom is -0.318 e. The molecule has 8 heteroatoms. The second-order valence-corrected chi connectivity index (χ2v) is 9.36. The lowest BCUT2D eigenvalue weighted by Gasteiger charge is -2.23. The Bertz CT molecular complexity index is 1110. The summed E-state index contributed by atoms with van der Waals surface area (Å²) in [6.45, 7) is 2.52. The van der Waals surface area contributed by atoms with Crippen molar-refractivity contribution in [3.63, 3.8) is 0 Å². The second kappa shape index (κ2) is 11.4.